The van der Waals surface area contributed by atoms with Crippen LogP contribution < -0.4 is 10.6 Å². The average molecular weight is 517 g/mol. The number of methoxy groups -OCH3 is 1. The third-order valence-corrected chi connectivity index (χ3v) is 4.69. The molecule has 0 fully saturated rings. The van der Waals surface area contributed by atoms with Crippen molar-refractivity contribution in [2.45, 2.75) is 45.8 Å². The maximum atomic E-state index is 11.8. The van der Waals surface area contributed by atoms with Gasteiger partial charge < -0.3 is 39.2 Å². The first-order valence-corrected chi connectivity index (χ1v) is 12.6. The van der Waals surface area contributed by atoms with E-state index in [0.29, 0.717) is 33.0 Å². The third kappa shape index (κ3) is 21.2. The van der Waals surface area contributed by atoms with Gasteiger partial charge in [-0.15, -0.1) is 0 Å². The van der Waals surface area contributed by atoms with E-state index in [0.717, 1.165) is 0 Å². The van der Waals surface area contributed by atoms with Gasteiger partial charge in [0.2, 0.25) is 5.91 Å². The van der Waals surface area contributed by atoms with Crippen LogP contribution in [0, 0.1) is 0 Å². The normalized spacial score (nSPS) is 14.3. The number of ether oxygens (including phenoxy) is 5. The van der Waals surface area contributed by atoms with E-state index in [2.05, 4.69) is 10.6 Å². The highest BCUT2D eigenvalue weighted by Gasteiger charge is 2.23. The van der Waals surface area contributed by atoms with Crippen molar-refractivity contribution >= 4 is 19.8 Å². The van der Waals surface area contributed by atoms with Crippen molar-refractivity contribution in [1.29, 1.82) is 0 Å². The van der Waals surface area contributed by atoms with E-state index in [1.54, 1.807) is 20.8 Å². The minimum absolute atomic E-state index is 0.0349. The molecule has 0 radical (unpaired) electrons. The van der Waals surface area contributed by atoms with Gasteiger partial charge in [-0.05, 0) is 27.7 Å². The molecule has 0 rings (SSSR count). The fourth-order valence-electron chi connectivity index (χ4n) is 2.11. The summed E-state index contributed by atoms with van der Waals surface area (Å²) in [4.78, 5) is 32.8. The van der Waals surface area contributed by atoms with E-state index < -0.39 is 25.6 Å². The molecule has 2 unspecified atom stereocenters. The summed E-state index contributed by atoms with van der Waals surface area (Å²) in [5, 5.41) is 5.11. The summed E-state index contributed by atoms with van der Waals surface area (Å²) in [5.74, 6) is -0.295. The molecule has 2 amide bonds. The Kier molecular flexibility index (Phi) is 18.2. The van der Waals surface area contributed by atoms with Crippen LogP contribution >= 0.6 is 7.82 Å². The molecule has 2 atom stereocenters. The summed E-state index contributed by atoms with van der Waals surface area (Å²) >= 11 is 0. The fraction of sp³-hybridized carbons (Fsp3) is 0.900. The van der Waals surface area contributed by atoms with Crippen molar-refractivity contribution in [3.8, 4) is 0 Å². The smallest absolute Gasteiger partial charge is 0.444 e. The zero-order chi connectivity index (χ0) is 25.9. The van der Waals surface area contributed by atoms with Gasteiger partial charge in [-0.1, -0.05) is 0 Å². The summed E-state index contributed by atoms with van der Waals surface area (Å²) in [6, 6.07) is 0. The topological polar surface area (TPSA) is 160 Å². The Morgan fingerprint density at radius 2 is 1.56 bits per heavy atom. The number of amides is 2. The van der Waals surface area contributed by atoms with E-state index >= 15 is 0 Å². The van der Waals surface area contributed by atoms with Crippen LogP contribution in [0.5, 0.6) is 0 Å². The molecule has 0 aliphatic heterocycles. The summed E-state index contributed by atoms with van der Waals surface area (Å²) in [5.41, 5.74) is -0.550. The molecule has 13 nitrogen and oxygen atoms in total. The second kappa shape index (κ2) is 18.9. The molecule has 0 aliphatic carbocycles. The Morgan fingerprint density at radius 3 is 2.18 bits per heavy atom. The number of alkyl carbamates (subject to hydrolysis) is 1. The van der Waals surface area contributed by atoms with E-state index in [9.17, 15) is 19.0 Å². The first-order chi connectivity index (χ1) is 16.0. The molecule has 34 heavy (non-hydrogen) atoms. The number of hydrogen-bond acceptors (Lipinski definition) is 10. The van der Waals surface area contributed by atoms with Gasteiger partial charge in [0.15, 0.2) is 0 Å². The van der Waals surface area contributed by atoms with Gasteiger partial charge in [-0.3, -0.25) is 13.8 Å². The van der Waals surface area contributed by atoms with Crippen LogP contribution in [0.25, 0.3) is 0 Å². The molecule has 0 aliphatic rings. The second-order valence-electron chi connectivity index (χ2n) is 7.87. The van der Waals surface area contributed by atoms with Crippen LogP contribution in [0.15, 0.2) is 0 Å². The van der Waals surface area contributed by atoms with Gasteiger partial charge in [0.05, 0.1) is 46.2 Å². The maximum absolute atomic E-state index is 11.8. The fourth-order valence-corrected chi connectivity index (χ4v) is 2.87. The molecule has 0 bridgehead atoms. The average Bonchev–Trinajstić information content (AvgIpc) is 2.74. The largest absolute Gasteiger partial charge is 0.472 e. The number of phosphoric acid groups is 1. The Balaban J connectivity index is 3.65. The molecule has 3 N–H and O–H groups in total. The SMILES string of the molecule is CCOCC(COP(=O)(O)OCCNC(=O)CCOCCOCCNC(=O)OC(C)(C)C)OC. The zero-order valence-electron chi connectivity index (χ0n) is 20.8. The standard InChI is InChI=1S/C20H41N2O11P/c1-6-28-15-17(27-5)16-32-34(25,26)31-12-9-21-18(23)7-10-29-13-14-30-11-8-22-19(24)33-20(2,3)4/h17H,6-16H2,1-5H3,(H,21,23)(H,22,24)(H,25,26). The van der Waals surface area contributed by atoms with Crippen LogP contribution in [0.3, 0.4) is 0 Å². The third-order valence-electron chi connectivity index (χ3n) is 3.70. The molecular formula is C20H41N2O11P. The van der Waals surface area contributed by atoms with Crippen molar-refractivity contribution < 1.29 is 51.8 Å². The van der Waals surface area contributed by atoms with Gasteiger partial charge in [0.25, 0.3) is 0 Å². The van der Waals surface area contributed by atoms with Crippen molar-refractivity contribution in [3.63, 3.8) is 0 Å². The van der Waals surface area contributed by atoms with Crippen LogP contribution in [0.2, 0.25) is 0 Å². The highest BCUT2D eigenvalue weighted by Crippen LogP contribution is 2.43. The first-order valence-electron chi connectivity index (χ1n) is 11.1. The Hall–Kier alpha value is -1.31. The molecular weight excluding hydrogens is 475 g/mol. The van der Waals surface area contributed by atoms with Crippen molar-refractivity contribution in [2.75, 3.05) is 73.1 Å². The van der Waals surface area contributed by atoms with Gasteiger partial charge >= 0.3 is 13.9 Å². The molecule has 0 aromatic carbocycles. The minimum Gasteiger partial charge on any atom is -0.444 e. The van der Waals surface area contributed by atoms with Crippen molar-refractivity contribution in [1.82, 2.24) is 10.6 Å². The van der Waals surface area contributed by atoms with Crippen LogP contribution in [0.4, 0.5) is 4.79 Å². The van der Waals surface area contributed by atoms with Gasteiger partial charge in [-0.25, -0.2) is 9.36 Å². The Morgan fingerprint density at radius 1 is 0.912 bits per heavy atom. The molecule has 14 heteroatoms. The highest BCUT2D eigenvalue weighted by atomic mass is 31.2. The molecule has 202 valence electrons. The number of rotatable bonds is 20. The van der Waals surface area contributed by atoms with Crippen LogP contribution in [-0.2, 0) is 42.1 Å². The highest BCUT2D eigenvalue weighted by molar-refractivity contribution is 7.47. The lowest BCUT2D eigenvalue weighted by Crippen LogP contribution is -2.34. The summed E-state index contributed by atoms with van der Waals surface area (Å²) in [6.45, 7) is 8.94. The van der Waals surface area contributed by atoms with E-state index in [1.165, 1.54) is 7.11 Å². The number of carbonyl (C=O) groups excluding carboxylic acids is 2. The summed E-state index contributed by atoms with van der Waals surface area (Å²) in [6.07, 6.45) is -0.890. The van der Waals surface area contributed by atoms with Crippen LogP contribution in [-0.4, -0.2) is 102 Å². The number of nitrogens with one attached hydrogen (secondary N) is 2. The van der Waals surface area contributed by atoms with Gasteiger partial charge in [0, 0.05) is 33.2 Å². The van der Waals surface area contributed by atoms with E-state index in [1.807, 2.05) is 6.92 Å². The van der Waals surface area contributed by atoms with Crippen molar-refractivity contribution in [2.24, 2.45) is 0 Å². The summed E-state index contributed by atoms with van der Waals surface area (Å²) in [7, 11) is -2.82. The molecule has 0 heterocycles. The van der Waals surface area contributed by atoms with Gasteiger partial charge in [0.1, 0.15) is 11.7 Å². The maximum Gasteiger partial charge on any atom is 0.472 e. The number of phosphoric ester groups is 1. The minimum atomic E-state index is -4.26. The van der Waals surface area contributed by atoms with Crippen LogP contribution in [0.1, 0.15) is 34.1 Å². The lowest BCUT2D eigenvalue weighted by atomic mass is 10.2. The molecule has 0 aromatic heterocycles. The number of carbonyl (C=O) groups is 2. The number of hydrogen-bond donors (Lipinski definition) is 3. The quantitative estimate of drug-likeness (QED) is 0.158. The lowest BCUT2D eigenvalue weighted by molar-refractivity contribution is -0.122. The van der Waals surface area contributed by atoms with E-state index in [4.69, 9.17) is 32.7 Å². The Labute approximate surface area is 201 Å². The predicted molar refractivity (Wildman–Crippen MR) is 123 cm³/mol. The first kappa shape index (κ1) is 32.7. The van der Waals surface area contributed by atoms with Crippen molar-refractivity contribution in [3.05, 3.63) is 0 Å². The molecule has 0 saturated heterocycles. The lowest BCUT2D eigenvalue weighted by Gasteiger charge is -2.19. The second-order valence-corrected chi connectivity index (χ2v) is 9.32. The molecule has 0 aromatic rings. The predicted octanol–water partition coefficient (Wildman–Crippen LogP) is 1.24. The summed E-state index contributed by atoms with van der Waals surface area (Å²) < 4.78 is 47.4. The Bertz CT molecular complexity index is 602. The van der Waals surface area contributed by atoms with Gasteiger partial charge in [-0.2, -0.15) is 0 Å². The molecule has 0 spiro atoms. The van der Waals surface area contributed by atoms with E-state index in [-0.39, 0.29) is 45.3 Å². The monoisotopic (exact) mass is 516 g/mol. The molecule has 0 saturated carbocycles. The zero-order valence-corrected chi connectivity index (χ0v) is 21.7.